The van der Waals surface area contributed by atoms with Crippen molar-refractivity contribution in [3.63, 3.8) is 0 Å². The van der Waals surface area contributed by atoms with E-state index in [2.05, 4.69) is 26.2 Å². The van der Waals surface area contributed by atoms with Crippen LogP contribution in [0, 0.1) is 5.41 Å². The zero-order chi connectivity index (χ0) is 12.6. The maximum Gasteiger partial charge on any atom is 0.231 e. The second-order valence-electron chi connectivity index (χ2n) is 4.81. The van der Waals surface area contributed by atoms with Crippen molar-refractivity contribution >= 4 is 48.5 Å². The van der Waals surface area contributed by atoms with Gasteiger partial charge in [0, 0.05) is 9.89 Å². The molecular formula is C12H13BrN2OS. The van der Waals surface area contributed by atoms with E-state index < -0.39 is 5.41 Å². The molecule has 3 nitrogen and oxygen atoms in total. The van der Waals surface area contributed by atoms with E-state index in [9.17, 15) is 4.79 Å². The van der Waals surface area contributed by atoms with Crippen molar-refractivity contribution in [2.45, 2.75) is 20.8 Å². The second-order valence-corrected chi connectivity index (χ2v) is 6.69. The van der Waals surface area contributed by atoms with Gasteiger partial charge in [-0.15, -0.1) is 0 Å². The average molecular weight is 313 g/mol. The predicted octanol–water partition coefficient (Wildman–Crippen LogP) is 4.04. The van der Waals surface area contributed by atoms with E-state index >= 15 is 0 Å². The van der Waals surface area contributed by atoms with Gasteiger partial charge in [-0.2, -0.15) is 0 Å². The minimum atomic E-state index is -0.408. The molecule has 1 amide bonds. The zero-order valence-corrected chi connectivity index (χ0v) is 12.3. The number of anilines is 1. The Balaban J connectivity index is 2.32. The molecule has 0 radical (unpaired) electrons. The van der Waals surface area contributed by atoms with Gasteiger partial charge in [-0.05, 0) is 28.1 Å². The number of hydrogen-bond acceptors (Lipinski definition) is 3. The number of amides is 1. The van der Waals surface area contributed by atoms with Crippen molar-refractivity contribution in [3.8, 4) is 0 Å². The molecule has 0 unspecified atom stereocenters. The smallest absolute Gasteiger partial charge is 0.231 e. The lowest BCUT2D eigenvalue weighted by Crippen LogP contribution is -2.27. The Kier molecular flexibility index (Phi) is 3.23. The normalized spacial score (nSPS) is 11.8. The van der Waals surface area contributed by atoms with Gasteiger partial charge in [0.15, 0.2) is 5.13 Å². The molecule has 0 saturated heterocycles. The van der Waals surface area contributed by atoms with E-state index in [1.807, 2.05) is 39.0 Å². The van der Waals surface area contributed by atoms with Gasteiger partial charge in [0.25, 0.3) is 0 Å². The Morgan fingerprint density at radius 2 is 2.12 bits per heavy atom. The highest BCUT2D eigenvalue weighted by molar-refractivity contribution is 9.10. The molecule has 0 aliphatic carbocycles. The molecule has 1 aromatic carbocycles. The van der Waals surface area contributed by atoms with Gasteiger partial charge in [-0.1, -0.05) is 38.2 Å². The molecule has 2 aromatic rings. The Bertz CT molecular complexity index is 571. The monoisotopic (exact) mass is 312 g/mol. The first kappa shape index (κ1) is 12.5. The van der Waals surface area contributed by atoms with Crippen LogP contribution < -0.4 is 5.32 Å². The first-order valence-electron chi connectivity index (χ1n) is 5.24. The van der Waals surface area contributed by atoms with Gasteiger partial charge >= 0.3 is 0 Å². The predicted molar refractivity (Wildman–Crippen MR) is 75.4 cm³/mol. The molecular weight excluding hydrogens is 300 g/mol. The number of halogens is 1. The van der Waals surface area contributed by atoms with Gasteiger partial charge in [0.2, 0.25) is 5.91 Å². The van der Waals surface area contributed by atoms with Crippen LogP contribution in [0.5, 0.6) is 0 Å². The second kappa shape index (κ2) is 4.38. The van der Waals surface area contributed by atoms with Crippen LogP contribution in [-0.2, 0) is 4.79 Å². The summed E-state index contributed by atoms with van der Waals surface area (Å²) < 4.78 is 2.01. The van der Waals surface area contributed by atoms with E-state index in [1.165, 1.54) is 11.3 Å². The van der Waals surface area contributed by atoms with Crippen molar-refractivity contribution in [3.05, 3.63) is 22.7 Å². The van der Waals surface area contributed by atoms with Crippen molar-refractivity contribution in [2.24, 2.45) is 5.41 Å². The molecule has 2 rings (SSSR count). The standard InChI is InChI=1S/C12H13BrN2OS/c1-12(2,3)10(16)15-11-14-9-7(13)5-4-6-8(9)17-11/h4-6H,1-3H3,(H,14,15,16). The lowest BCUT2D eigenvalue weighted by Gasteiger charge is -2.15. The first-order chi connectivity index (χ1) is 7.88. The summed E-state index contributed by atoms with van der Waals surface area (Å²) >= 11 is 4.93. The lowest BCUT2D eigenvalue weighted by molar-refractivity contribution is -0.123. The third kappa shape index (κ3) is 2.66. The topological polar surface area (TPSA) is 42.0 Å². The van der Waals surface area contributed by atoms with Crippen molar-refractivity contribution < 1.29 is 4.79 Å². The van der Waals surface area contributed by atoms with Crippen LogP contribution >= 0.6 is 27.3 Å². The zero-order valence-electron chi connectivity index (χ0n) is 9.87. The highest BCUT2D eigenvalue weighted by Gasteiger charge is 2.22. The highest BCUT2D eigenvalue weighted by atomic mass is 79.9. The van der Waals surface area contributed by atoms with Crippen LogP contribution in [0.4, 0.5) is 5.13 Å². The van der Waals surface area contributed by atoms with Gasteiger partial charge in [-0.3, -0.25) is 4.79 Å². The van der Waals surface area contributed by atoms with E-state index in [0.717, 1.165) is 14.7 Å². The molecule has 0 aliphatic heterocycles. The molecule has 0 atom stereocenters. The fraction of sp³-hybridized carbons (Fsp3) is 0.333. The lowest BCUT2D eigenvalue weighted by atomic mass is 9.96. The Hall–Kier alpha value is -0.940. The van der Waals surface area contributed by atoms with Gasteiger partial charge in [0.1, 0.15) is 0 Å². The summed E-state index contributed by atoms with van der Waals surface area (Å²) in [5, 5.41) is 3.49. The Labute approximate surface area is 112 Å². The minimum Gasteiger partial charge on any atom is -0.301 e. The number of carbonyl (C=O) groups excluding carboxylic acids is 1. The maximum absolute atomic E-state index is 11.8. The molecule has 0 aliphatic rings. The van der Waals surface area contributed by atoms with Gasteiger partial charge in [-0.25, -0.2) is 4.98 Å². The third-order valence-electron chi connectivity index (χ3n) is 2.27. The fourth-order valence-electron chi connectivity index (χ4n) is 1.25. The summed E-state index contributed by atoms with van der Waals surface area (Å²) in [4.78, 5) is 16.2. The minimum absolute atomic E-state index is 0.0207. The van der Waals surface area contributed by atoms with Gasteiger partial charge in [0.05, 0.1) is 10.2 Å². The number of carbonyl (C=O) groups is 1. The SMILES string of the molecule is CC(C)(C)C(=O)Nc1nc2c(Br)cccc2s1. The molecule has 90 valence electrons. The Morgan fingerprint density at radius 1 is 1.41 bits per heavy atom. The summed E-state index contributed by atoms with van der Waals surface area (Å²) in [5.74, 6) is -0.0207. The molecule has 1 N–H and O–H groups in total. The highest BCUT2D eigenvalue weighted by Crippen LogP contribution is 2.31. The number of aromatic nitrogens is 1. The summed E-state index contributed by atoms with van der Waals surface area (Å²) in [5.41, 5.74) is 0.483. The molecule has 5 heteroatoms. The van der Waals surface area contributed by atoms with Crippen LogP contribution in [0.15, 0.2) is 22.7 Å². The van der Waals surface area contributed by atoms with Crippen LogP contribution in [0.1, 0.15) is 20.8 Å². The molecule has 0 saturated carbocycles. The average Bonchev–Trinajstić information content (AvgIpc) is 2.60. The van der Waals surface area contributed by atoms with Crippen molar-refractivity contribution in [1.82, 2.24) is 4.98 Å². The molecule has 0 spiro atoms. The van der Waals surface area contributed by atoms with Crippen LogP contribution in [0.25, 0.3) is 10.2 Å². The Morgan fingerprint density at radius 3 is 2.71 bits per heavy atom. The number of rotatable bonds is 1. The fourth-order valence-corrected chi connectivity index (χ4v) is 2.73. The summed E-state index contributed by atoms with van der Waals surface area (Å²) in [7, 11) is 0. The number of fused-ring (bicyclic) bond motifs is 1. The number of nitrogens with zero attached hydrogens (tertiary/aromatic N) is 1. The number of hydrogen-bond donors (Lipinski definition) is 1. The van der Waals surface area contributed by atoms with Crippen LogP contribution in [0.3, 0.4) is 0 Å². The van der Waals surface area contributed by atoms with Crippen molar-refractivity contribution in [2.75, 3.05) is 5.32 Å². The van der Waals surface area contributed by atoms with E-state index in [4.69, 9.17) is 0 Å². The number of benzene rings is 1. The van der Waals surface area contributed by atoms with Crippen LogP contribution in [-0.4, -0.2) is 10.9 Å². The largest absolute Gasteiger partial charge is 0.301 e. The van der Waals surface area contributed by atoms with E-state index in [0.29, 0.717) is 5.13 Å². The number of thiazole rings is 1. The molecule has 0 fully saturated rings. The third-order valence-corrected chi connectivity index (χ3v) is 3.85. The first-order valence-corrected chi connectivity index (χ1v) is 6.85. The van der Waals surface area contributed by atoms with Crippen molar-refractivity contribution in [1.29, 1.82) is 0 Å². The van der Waals surface area contributed by atoms with Crippen LogP contribution in [0.2, 0.25) is 0 Å². The summed E-state index contributed by atoms with van der Waals surface area (Å²) in [6.07, 6.45) is 0. The maximum atomic E-state index is 11.8. The number of nitrogens with one attached hydrogen (secondary N) is 1. The molecule has 17 heavy (non-hydrogen) atoms. The molecule has 1 aromatic heterocycles. The summed E-state index contributed by atoms with van der Waals surface area (Å²) in [6, 6.07) is 5.89. The summed E-state index contributed by atoms with van der Waals surface area (Å²) in [6.45, 7) is 5.64. The van der Waals surface area contributed by atoms with E-state index in [1.54, 1.807) is 0 Å². The van der Waals surface area contributed by atoms with E-state index in [-0.39, 0.29) is 5.91 Å². The molecule has 1 heterocycles. The molecule has 0 bridgehead atoms. The van der Waals surface area contributed by atoms with Gasteiger partial charge < -0.3 is 5.32 Å². The quantitative estimate of drug-likeness (QED) is 0.863. The number of para-hydroxylation sites is 1.